The summed E-state index contributed by atoms with van der Waals surface area (Å²) in [6, 6.07) is 14.2. The number of amides is 2. The number of aromatic hydroxyl groups is 1. The summed E-state index contributed by atoms with van der Waals surface area (Å²) in [4.78, 5) is 26.0. The second-order valence-corrected chi connectivity index (χ2v) is 6.70. The topological polar surface area (TPSA) is 57.6 Å². The minimum absolute atomic E-state index is 0.00971. The summed E-state index contributed by atoms with van der Waals surface area (Å²) < 4.78 is 0. The SMILES string of the molecule is O=C1S/C(=C\c2cc(Cl)ccc2O)C(=O)N1CCc1ccccc1. The first kappa shape index (κ1) is 16.6. The number of phenols is 1. The van der Waals surface area contributed by atoms with E-state index in [1.54, 1.807) is 12.1 Å². The molecule has 24 heavy (non-hydrogen) atoms. The molecule has 1 saturated heterocycles. The van der Waals surface area contributed by atoms with Gasteiger partial charge in [-0.15, -0.1) is 0 Å². The van der Waals surface area contributed by atoms with Crippen molar-refractivity contribution in [3.05, 3.63) is 69.6 Å². The number of phenolic OH excluding ortho intramolecular Hbond substituents is 1. The molecule has 2 aromatic rings. The number of hydrogen-bond donors (Lipinski definition) is 1. The molecule has 0 aliphatic carbocycles. The fourth-order valence-corrected chi connectivity index (χ4v) is 3.40. The third kappa shape index (κ3) is 3.63. The van der Waals surface area contributed by atoms with Gasteiger partial charge in [0, 0.05) is 17.1 Å². The molecule has 0 radical (unpaired) electrons. The van der Waals surface area contributed by atoms with Gasteiger partial charge < -0.3 is 5.11 Å². The van der Waals surface area contributed by atoms with E-state index in [9.17, 15) is 14.7 Å². The molecule has 0 aromatic heterocycles. The number of rotatable bonds is 4. The van der Waals surface area contributed by atoms with Crippen molar-refractivity contribution in [2.75, 3.05) is 6.54 Å². The molecule has 2 aromatic carbocycles. The molecule has 0 atom stereocenters. The minimum Gasteiger partial charge on any atom is -0.507 e. The van der Waals surface area contributed by atoms with Gasteiger partial charge in [0.05, 0.1) is 4.91 Å². The smallest absolute Gasteiger partial charge is 0.293 e. The molecular weight excluding hydrogens is 346 g/mol. The molecule has 0 unspecified atom stereocenters. The van der Waals surface area contributed by atoms with Crippen molar-refractivity contribution in [3.8, 4) is 5.75 Å². The summed E-state index contributed by atoms with van der Waals surface area (Å²) in [5, 5.41) is 9.99. The van der Waals surface area contributed by atoms with E-state index >= 15 is 0 Å². The molecule has 6 heteroatoms. The maximum absolute atomic E-state index is 12.4. The van der Waals surface area contributed by atoms with E-state index in [0.717, 1.165) is 17.3 Å². The summed E-state index contributed by atoms with van der Waals surface area (Å²) in [5.74, 6) is -0.337. The van der Waals surface area contributed by atoms with E-state index in [4.69, 9.17) is 11.6 Å². The lowest BCUT2D eigenvalue weighted by Crippen LogP contribution is -2.30. The lowest BCUT2D eigenvalue weighted by molar-refractivity contribution is -0.122. The molecule has 0 spiro atoms. The Balaban J connectivity index is 1.76. The third-order valence-corrected chi connectivity index (χ3v) is 4.76. The molecule has 1 aliphatic rings. The van der Waals surface area contributed by atoms with Gasteiger partial charge in [0.25, 0.3) is 11.1 Å². The summed E-state index contributed by atoms with van der Waals surface area (Å²) in [6.45, 7) is 0.327. The standard InChI is InChI=1S/C18H14ClNO3S/c19-14-6-7-15(21)13(10-14)11-16-17(22)20(18(23)24-16)9-8-12-4-2-1-3-5-12/h1-7,10-11,21H,8-9H2/b16-11-. The quantitative estimate of drug-likeness (QED) is 0.826. The fourth-order valence-electron chi connectivity index (χ4n) is 2.36. The van der Waals surface area contributed by atoms with Gasteiger partial charge in [-0.1, -0.05) is 41.9 Å². The average Bonchev–Trinajstić information content (AvgIpc) is 2.84. The number of halogens is 1. The lowest BCUT2D eigenvalue weighted by atomic mass is 10.1. The van der Waals surface area contributed by atoms with E-state index in [1.165, 1.54) is 17.0 Å². The fraction of sp³-hybridized carbons (Fsp3) is 0.111. The number of benzene rings is 2. The van der Waals surface area contributed by atoms with Crippen LogP contribution in [0.15, 0.2) is 53.4 Å². The van der Waals surface area contributed by atoms with Crippen LogP contribution in [0, 0.1) is 0 Å². The van der Waals surface area contributed by atoms with Crippen LogP contribution in [0.1, 0.15) is 11.1 Å². The first-order valence-electron chi connectivity index (χ1n) is 7.32. The van der Waals surface area contributed by atoms with Crippen LogP contribution in [0.2, 0.25) is 5.02 Å². The number of nitrogens with zero attached hydrogens (tertiary/aromatic N) is 1. The van der Waals surface area contributed by atoms with Gasteiger partial charge >= 0.3 is 0 Å². The number of carbonyl (C=O) groups is 2. The number of imide groups is 1. The molecule has 4 nitrogen and oxygen atoms in total. The third-order valence-electron chi connectivity index (χ3n) is 3.62. The highest BCUT2D eigenvalue weighted by Crippen LogP contribution is 2.34. The molecule has 1 heterocycles. The van der Waals surface area contributed by atoms with E-state index in [0.29, 0.717) is 23.6 Å². The van der Waals surface area contributed by atoms with Crippen LogP contribution in [-0.4, -0.2) is 27.7 Å². The van der Waals surface area contributed by atoms with Crippen LogP contribution >= 0.6 is 23.4 Å². The van der Waals surface area contributed by atoms with Crippen molar-refractivity contribution >= 4 is 40.6 Å². The van der Waals surface area contributed by atoms with Gasteiger partial charge in [-0.2, -0.15) is 0 Å². The Hall–Kier alpha value is -2.24. The first-order chi connectivity index (χ1) is 11.5. The van der Waals surface area contributed by atoms with Gasteiger partial charge in [-0.05, 0) is 48.0 Å². The molecule has 122 valence electrons. The first-order valence-corrected chi connectivity index (χ1v) is 8.52. The van der Waals surface area contributed by atoms with Crippen LogP contribution in [0.5, 0.6) is 5.75 Å². The van der Waals surface area contributed by atoms with E-state index in [1.807, 2.05) is 30.3 Å². The Morgan fingerprint density at radius 1 is 1.12 bits per heavy atom. The summed E-state index contributed by atoms with van der Waals surface area (Å²) in [5.41, 5.74) is 1.48. The monoisotopic (exact) mass is 359 g/mol. The Labute approximate surface area is 148 Å². The number of hydrogen-bond acceptors (Lipinski definition) is 4. The Kier molecular flexibility index (Phi) is 4.92. The molecule has 0 bridgehead atoms. The van der Waals surface area contributed by atoms with Crippen molar-refractivity contribution in [1.29, 1.82) is 0 Å². The maximum Gasteiger partial charge on any atom is 0.293 e. The van der Waals surface area contributed by atoms with Crippen LogP contribution < -0.4 is 0 Å². The predicted octanol–water partition coefficient (Wildman–Crippen LogP) is 4.32. The normalized spacial score (nSPS) is 16.2. The van der Waals surface area contributed by atoms with Crippen LogP contribution in [0.4, 0.5) is 4.79 Å². The van der Waals surface area contributed by atoms with Crippen molar-refractivity contribution < 1.29 is 14.7 Å². The molecule has 1 N–H and O–H groups in total. The molecular formula is C18H14ClNO3S. The van der Waals surface area contributed by atoms with Gasteiger partial charge in [0.2, 0.25) is 0 Å². The largest absolute Gasteiger partial charge is 0.507 e. The van der Waals surface area contributed by atoms with Gasteiger partial charge in [-0.3, -0.25) is 14.5 Å². The Morgan fingerprint density at radius 2 is 1.88 bits per heavy atom. The highest BCUT2D eigenvalue weighted by molar-refractivity contribution is 8.18. The van der Waals surface area contributed by atoms with E-state index < -0.39 is 0 Å². The van der Waals surface area contributed by atoms with Crippen LogP contribution in [0.3, 0.4) is 0 Å². The molecule has 3 rings (SSSR count). The molecule has 0 saturated carbocycles. The van der Waals surface area contributed by atoms with Crippen molar-refractivity contribution in [2.45, 2.75) is 6.42 Å². The summed E-state index contributed by atoms with van der Waals surface area (Å²) in [7, 11) is 0. The van der Waals surface area contributed by atoms with Crippen molar-refractivity contribution in [2.24, 2.45) is 0 Å². The molecule has 2 amide bonds. The molecule has 1 fully saturated rings. The maximum atomic E-state index is 12.4. The zero-order chi connectivity index (χ0) is 17.1. The number of thioether (sulfide) groups is 1. The second kappa shape index (κ2) is 7.11. The van der Waals surface area contributed by atoms with Gasteiger partial charge in [0.15, 0.2) is 0 Å². The van der Waals surface area contributed by atoms with E-state index in [2.05, 4.69) is 0 Å². The summed E-state index contributed by atoms with van der Waals surface area (Å²) >= 11 is 6.77. The van der Waals surface area contributed by atoms with Crippen molar-refractivity contribution in [1.82, 2.24) is 4.90 Å². The second-order valence-electron chi connectivity index (χ2n) is 5.27. The van der Waals surface area contributed by atoms with Crippen LogP contribution in [-0.2, 0) is 11.2 Å². The average molecular weight is 360 g/mol. The molecule has 1 aliphatic heterocycles. The Morgan fingerprint density at radius 3 is 2.62 bits per heavy atom. The van der Waals surface area contributed by atoms with E-state index in [-0.39, 0.29) is 21.8 Å². The minimum atomic E-state index is -0.347. The predicted molar refractivity (Wildman–Crippen MR) is 95.9 cm³/mol. The van der Waals surface area contributed by atoms with Crippen LogP contribution in [0.25, 0.3) is 6.08 Å². The lowest BCUT2D eigenvalue weighted by Gasteiger charge is -2.12. The Bertz CT molecular complexity index is 820. The zero-order valence-electron chi connectivity index (χ0n) is 12.6. The number of carbonyl (C=O) groups excluding carboxylic acids is 2. The van der Waals surface area contributed by atoms with Gasteiger partial charge in [-0.25, -0.2) is 0 Å². The van der Waals surface area contributed by atoms with Crippen molar-refractivity contribution in [3.63, 3.8) is 0 Å². The zero-order valence-corrected chi connectivity index (χ0v) is 14.2. The van der Waals surface area contributed by atoms with Gasteiger partial charge in [0.1, 0.15) is 5.75 Å². The summed E-state index contributed by atoms with van der Waals surface area (Å²) in [6.07, 6.45) is 2.10. The highest BCUT2D eigenvalue weighted by Gasteiger charge is 2.34. The highest BCUT2D eigenvalue weighted by atomic mass is 35.5.